The van der Waals surface area contributed by atoms with Crippen LogP contribution in [0.15, 0.2) is 29.3 Å². The minimum atomic E-state index is -4.33. The van der Waals surface area contributed by atoms with Crippen LogP contribution in [0.5, 0.6) is 0 Å². The van der Waals surface area contributed by atoms with Crippen LogP contribution in [0.1, 0.15) is 44.7 Å². The smallest absolute Gasteiger partial charge is 0.377 e. The molecule has 1 saturated heterocycles. The van der Waals surface area contributed by atoms with E-state index in [1.807, 2.05) is 0 Å². The largest absolute Gasteiger partial charge is 0.416 e. The molecule has 0 spiro atoms. The molecule has 2 unspecified atom stereocenters. The van der Waals surface area contributed by atoms with E-state index >= 15 is 0 Å². The summed E-state index contributed by atoms with van der Waals surface area (Å²) in [5.41, 5.74) is -0.0275. The maximum absolute atomic E-state index is 12.8. The number of hydrogen-bond acceptors (Lipinski definition) is 2. The number of rotatable bonds is 4. The lowest BCUT2D eigenvalue weighted by Gasteiger charge is -2.40. The second kappa shape index (κ2) is 10.7. The van der Waals surface area contributed by atoms with Crippen LogP contribution in [-0.4, -0.2) is 32.3 Å². The van der Waals surface area contributed by atoms with Crippen LogP contribution < -0.4 is 10.6 Å². The summed E-state index contributed by atoms with van der Waals surface area (Å²) in [6.45, 7) is 8.31. The molecule has 1 aromatic carbocycles. The maximum atomic E-state index is 12.8. The Morgan fingerprint density at radius 3 is 2.54 bits per heavy atom. The van der Waals surface area contributed by atoms with Gasteiger partial charge >= 0.3 is 6.18 Å². The molecule has 0 bridgehead atoms. The Labute approximate surface area is 182 Å². The van der Waals surface area contributed by atoms with E-state index in [4.69, 9.17) is 4.74 Å². The summed E-state index contributed by atoms with van der Waals surface area (Å²) in [5, 5.41) is 6.38. The van der Waals surface area contributed by atoms with Crippen LogP contribution in [0.2, 0.25) is 0 Å². The Morgan fingerprint density at radius 1 is 1.21 bits per heavy atom. The number of ether oxygens (including phenoxy) is 1. The number of aliphatic imine (C=N–C) groups is 1. The van der Waals surface area contributed by atoms with E-state index < -0.39 is 11.7 Å². The first kappa shape index (κ1) is 25.0. The average Bonchev–Trinajstić information content (AvgIpc) is 2.61. The minimum Gasteiger partial charge on any atom is -0.377 e. The molecule has 1 aliphatic heterocycles. The second-order valence-corrected chi connectivity index (χ2v) is 8.06. The predicted molar refractivity (Wildman–Crippen MR) is 117 cm³/mol. The van der Waals surface area contributed by atoms with Gasteiger partial charge in [-0.1, -0.05) is 32.9 Å². The summed E-state index contributed by atoms with van der Waals surface area (Å²) >= 11 is 0. The summed E-state index contributed by atoms with van der Waals surface area (Å²) in [6, 6.07) is 5.32. The summed E-state index contributed by atoms with van der Waals surface area (Å²) < 4.78 is 44.5. The first-order valence-electron chi connectivity index (χ1n) is 9.33. The first-order chi connectivity index (χ1) is 12.6. The van der Waals surface area contributed by atoms with Crippen LogP contribution in [0.4, 0.5) is 13.2 Å². The molecule has 28 heavy (non-hydrogen) atoms. The van der Waals surface area contributed by atoms with Gasteiger partial charge in [-0.3, -0.25) is 4.99 Å². The van der Waals surface area contributed by atoms with Gasteiger partial charge in [-0.2, -0.15) is 13.2 Å². The molecule has 0 aliphatic carbocycles. The van der Waals surface area contributed by atoms with Gasteiger partial charge in [0.25, 0.3) is 0 Å². The van der Waals surface area contributed by atoms with E-state index in [1.54, 1.807) is 13.1 Å². The van der Waals surface area contributed by atoms with Gasteiger partial charge in [0.15, 0.2) is 5.96 Å². The van der Waals surface area contributed by atoms with Crippen molar-refractivity contribution in [2.75, 3.05) is 20.2 Å². The molecule has 0 aromatic heterocycles. The van der Waals surface area contributed by atoms with Crippen molar-refractivity contribution in [2.45, 2.75) is 52.4 Å². The number of hydrogen-bond donors (Lipinski definition) is 2. The van der Waals surface area contributed by atoms with Crippen LogP contribution in [0, 0.1) is 11.3 Å². The van der Waals surface area contributed by atoms with Gasteiger partial charge in [0.1, 0.15) is 0 Å². The highest BCUT2D eigenvalue weighted by molar-refractivity contribution is 14.0. The molecular weight excluding hydrogens is 482 g/mol. The average molecular weight is 513 g/mol. The van der Waals surface area contributed by atoms with Gasteiger partial charge in [-0.25, -0.2) is 0 Å². The molecule has 4 nitrogen and oxygen atoms in total. The predicted octanol–water partition coefficient (Wildman–Crippen LogP) is 4.83. The normalized spacial score (nSPS) is 21.0. The van der Waals surface area contributed by atoms with Gasteiger partial charge < -0.3 is 15.4 Å². The highest BCUT2D eigenvalue weighted by Gasteiger charge is 2.35. The fourth-order valence-electron chi connectivity index (χ4n) is 3.50. The molecule has 1 fully saturated rings. The third-order valence-corrected chi connectivity index (χ3v) is 4.77. The summed E-state index contributed by atoms with van der Waals surface area (Å²) in [4.78, 5) is 4.18. The molecule has 1 aromatic rings. The standard InChI is InChI=1S/C20H30F3N3O.HI/c1-19(2,3)17-15(8-6-10-27-17)13-26-18(24-4)25-12-14-7-5-9-16(11-14)20(21,22)23;/h5,7,9,11,15,17H,6,8,10,12-13H2,1-4H3,(H2,24,25,26);1H. The topological polar surface area (TPSA) is 45.7 Å². The molecule has 2 N–H and O–H groups in total. The molecule has 2 rings (SSSR count). The quantitative estimate of drug-likeness (QED) is 0.345. The Kier molecular flexibility index (Phi) is 9.52. The zero-order valence-corrected chi connectivity index (χ0v) is 19.2. The molecule has 0 saturated carbocycles. The molecule has 2 atom stereocenters. The SMILES string of the molecule is CN=C(NCc1cccc(C(F)(F)F)c1)NCC1CCCOC1C(C)(C)C.I. The lowest BCUT2D eigenvalue weighted by molar-refractivity contribution is -0.137. The maximum Gasteiger partial charge on any atom is 0.416 e. The molecular formula is C20H31F3IN3O. The molecule has 0 amide bonds. The van der Waals surface area contributed by atoms with Crippen molar-refractivity contribution in [2.24, 2.45) is 16.3 Å². The Bertz CT molecular complexity index is 644. The van der Waals surface area contributed by atoms with E-state index in [1.165, 1.54) is 6.07 Å². The van der Waals surface area contributed by atoms with Crippen molar-refractivity contribution >= 4 is 29.9 Å². The van der Waals surface area contributed by atoms with Crippen LogP contribution in [-0.2, 0) is 17.5 Å². The zero-order chi connectivity index (χ0) is 20.1. The molecule has 1 aliphatic rings. The summed E-state index contributed by atoms with van der Waals surface area (Å²) in [5.74, 6) is 0.941. The van der Waals surface area contributed by atoms with Crippen LogP contribution >= 0.6 is 24.0 Å². The van der Waals surface area contributed by atoms with Crippen molar-refractivity contribution in [3.05, 3.63) is 35.4 Å². The molecule has 160 valence electrons. The Morgan fingerprint density at radius 2 is 1.93 bits per heavy atom. The number of guanidine groups is 1. The fourth-order valence-corrected chi connectivity index (χ4v) is 3.50. The van der Waals surface area contributed by atoms with Crippen molar-refractivity contribution < 1.29 is 17.9 Å². The molecule has 8 heteroatoms. The van der Waals surface area contributed by atoms with Crippen molar-refractivity contribution in [3.63, 3.8) is 0 Å². The van der Waals surface area contributed by atoms with E-state index in [0.717, 1.165) is 31.6 Å². The van der Waals surface area contributed by atoms with Gasteiger partial charge in [0, 0.05) is 32.7 Å². The fraction of sp³-hybridized carbons (Fsp3) is 0.650. The summed E-state index contributed by atoms with van der Waals surface area (Å²) in [7, 11) is 1.65. The van der Waals surface area contributed by atoms with E-state index in [0.29, 0.717) is 24.0 Å². The second-order valence-electron chi connectivity index (χ2n) is 8.06. The highest BCUT2D eigenvalue weighted by atomic mass is 127. The Balaban J connectivity index is 0.00000392. The van der Waals surface area contributed by atoms with Crippen LogP contribution in [0.25, 0.3) is 0 Å². The number of alkyl halides is 3. The number of halogens is 4. The highest BCUT2D eigenvalue weighted by Crippen LogP contribution is 2.33. The summed E-state index contributed by atoms with van der Waals surface area (Å²) in [6.07, 6.45) is -2.05. The zero-order valence-electron chi connectivity index (χ0n) is 16.9. The van der Waals surface area contributed by atoms with Gasteiger partial charge in [-0.05, 0) is 36.0 Å². The monoisotopic (exact) mass is 513 g/mol. The number of benzene rings is 1. The lowest BCUT2D eigenvalue weighted by Crippen LogP contribution is -2.47. The third kappa shape index (κ3) is 7.42. The molecule has 0 radical (unpaired) electrons. The number of nitrogens with zero attached hydrogens (tertiary/aromatic N) is 1. The van der Waals surface area contributed by atoms with Crippen molar-refractivity contribution in [1.82, 2.24) is 10.6 Å². The van der Waals surface area contributed by atoms with Gasteiger partial charge in [0.05, 0.1) is 11.7 Å². The van der Waals surface area contributed by atoms with Crippen molar-refractivity contribution in [3.8, 4) is 0 Å². The third-order valence-electron chi connectivity index (χ3n) is 4.77. The van der Waals surface area contributed by atoms with Gasteiger partial charge in [-0.15, -0.1) is 24.0 Å². The minimum absolute atomic E-state index is 0. The van der Waals surface area contributed by atoms with E-state index in [2.05, 4.69) is 36.4 Å². The van der Waals surface area contributed by atoms with Crippen molar-refractivity contribution in [1.29, 1.82) is 0 Å². The lowest BCUT2D eigenvalue weighted by atomic mass is 9.78. The number of nitrogens with one attached hydrogen (secondary N) is 2. The first-order valence-corrected chi connectivity index (χ1v) is 9.33. The van der Waals surface area contributed by atoms with Gasteiger partial charge in [0.2, 0.25) is 0 Å². The van der Waals surface area contributed by atoms with E-state index in [-0.39, 0.29) is 42.0 Å². The Hall–Kier alpha value is -1.03. The van der Waals surface area contributed by atoms with Crippen LogP contribution in [0.3, 0.4) is 0 Å². The van der Waals surface area contributed by atoms with E-state index in [9.17, 15) is 13.2 Å². The molecule has 1 heterocycles.